The summed E-state index contributed by atoms with van der Waals surface area (Å²) in [5, 5.41) is 4.81. The zero-order chi connectivity index (χ0) is 23.7. The Balaban J connectivity index is 1.20. The fourth-order valence-corrected chi connectivity index (χ4v) is 4.22. The maximum absolute atomic E-state index is 14.0. The molecular formula is C25H24FN5O3. The van der Waals surface area contributed by atoms with Crippen LogP contribution in [0, 0.1) is 12.7 Å². The highest BCUT2D eigenvalue weighted by Gasteiger charge is 2.23. The Kier molecular flexibility index (Phi) is 5.83. The molecule has 174 valence electrons. The number of hydrogen-bond acceptors (Lipinski definition) is 6. The van der Waals surface area contributed by atoms with Gasteiger partial charge in [0.25, 0.3) is 5.56 Å². The Labute approximate surface area is 195 Å². The second-order valence-electron chi connectivity index (χ2n) is 8.43. The minimum atomic E-state index is -0.297. The first kappa shape index (κ1) is 21.8. The van der Waals surface area contributed by atoms with Crippen molar-refractivity contribution in [2.45, 2.75) is 19.8 Å². The lowest BCUT2D eigenvalue weighted by atomic mass is 10.1. The summed E-state index contributed by atoms with van der Waals surface area (Å²) < 4.78 is 19.3. The van der Waals surface area contributed by atoms with Gasteiger partial charge in [0.05, 0.1) is 11.3 Å². The number of halogens is 1. The molecule has 2 aromatic carbocycles. The number of benzene rings is 2. The molecule has 0 radical (unpaired) electrons. The van der Waals surface area contributed by atoms with Crippen molar-refractivity contribution in [2.24, 2.45) is 0 Å². The van der Waals surface area contributed by atoms with Crippen LogP contribution in [0.15, 0.2) is 57.8 Å². The molecule has 0 bridgehead atoms. The predicted molar refractivity (Wildman–Crippen MR) is 126 cm³/mol. The summed E-state index contributed by atoms with van der Waals surface area (Å²) in [4.78, 5) is 36.1. The standard InChI is InChI=1S/C25H24FN5O3/c1-16-6-7-17-15-18(25(33)27-20(17)14-16)24-28-22(34-29-24)8-9-23(32)31-12-10-30(11-13-31)21-5-3-2-4-19(21)26/h2-7,14-15H,8-13H2,1H3,(H,27,33). The van der Waals surface area contributed by atoms with Crippen molar-refractivity contribution in [2.75, 3.05) is 31.1 Å². The van der Waals surface area contributed by atoms with Gasteiger partial charge in [-0.05, 0) is 42.1 Å². The van der Waals surface area contributed by atoms with E-state index in [1.807, 2.05) is 30.0 Å². The Morgan fingerprint density at radius 2 is 1.91 bits per heavy atom. The summed E-state index contributed by atoms with van der Waals surface area (Å²) in [7, 11) is 0. The number of nitrogens with zero attached hydrogens (tertiary/aromatic N) is 4. The Morgan fingerprint density at radius 1 is 1.12 bits per heavy atom. The fraction of sp³-hybridized carbons (Fsp3) is 0.280. The largest absolute Gasteiger partial charge is 0.366 e. The molecule has 34 heavy (non-hydrogen) atoms. The highest BCUT2D eigenvalue weighted by molar-refractivity contribution is 5.82. The summed E-state index contributed by atoms with van der Waals surface area (Å²) in [5.41, 5.74) is 2.39. The molecule has 8 nitrogen and oxygen atoms in total. The highest BCUT2D eigenvalue weighted by atomic mass is 19.1. The number of fused-ring (bicyclic) bond motifs is 1. The van der Waals surface area contributed by atoms with Gasteiger partial charge < -0.3 is 19.3 Å². The van der Waals surface area contributed by atoms with Gasteiger partial charge in [-0.1, -0.05) is 29.4 Å². The van der Waals surface area contributed by atoms with Gasteiger partial charge in [0.2, 0.25) is 17.6 Å². The number of carbonyl (C=O) groups is 1. The zero-order valence-electron chi connectivity index (χ0n) is 18.8. The number of H-pyrrole nitrogens is 1. The molecule has 5 rings (SSSR count). The van der Waals surface area contributed by atoms with E-state index in [1.165, 1.54) is 6.07 Å². The second-order valence-corrected chi connectivity index (χ2v) is 8.43. The molecule has 0 spiro atoms. The lowest BCUT2D eigenvalue weighted by molar-refractivity contribution is -0.131. The molecule has 0 aliphatic carbocycles. The van der Waals surface area contributed by atoms with Crippen molar-refractivity contribution in [1.29, 1.82) is 0 Å². The van der Waals surface area contributed by atoms with Gasteiger partial charge in [0.15, 0.2) is 0 Å². The second kappa shape index (κ2) is 9.09. The van der Waals surface area contributed by atoms with Crippen molar-refractivity contribution in [3.8, 4) is 11.4 Å². The molecule has 4 aromatic rings. The van der Waals surface area contributed by atoms with Crippen molar-refractivity contribution in [3.05, 3.63) is 76.2 Å². The third kappa shape index (κ3) is 4.41. The van der Waals surface area contributed by atoms with Gasteiger partial charge in [-0.3, -0.25) is 9.59 Å². The number of pyridine rings is 1. The van der Waals surface area contributed by atoms with Gasteiger partial charge in [-0.15, -0.1) is 0 Å². The molecule has 3 heterocycles. The molecule has 1 amide bonds. The van der Waals surface area contributed by atoms with Crippen molar-refractivity contribution in [1.82, 2.24) is 20.0 Å². The van der Waals surface area contributed by atoms with Crippen LogP contribution in [0.25, 0.3) is 22.3 Å². The van der Waals surface area contributed by atoms with Gasteiger partial charge in [-0.2, -0.15) is 4.98 Å². The summed E-state index contributed by atoms with van der Waals surface area (Å²) >= 11 is 0. The van der Waals surface area contributed by atoms with E-state index in [1.54, 1.807) is 29.2 Å². The van der Waals surface area contributed by atoms with Crippen LogP contribution >= 0.6 is 0 Å². The Morgan fingerprint density at radius 3 is 2.71 bits per heavy atom. The van der Waals surface area contributed by atoms with Crippen LogP contribution in [-0.4, -0.2) is 52.1 Å². The molecule has 2 aromatic heterocycles. The van der Waals surface area contributed by atoms with Gasteiger partial charge >= 0.3 is 0 Å². The first-order valence-corrected chi connectivity index (χ1v) is 11.2. The lowest BCUT2D eigenvalue weighted by Crippen LogP contribution is -2.49. The quantitative estimate of drug-likeness (QED) is 0.490. The summed E-state index contributed by atoms with van der Waals surface area (Å²) in [5.74, 6) is 0.225. The number of carbonyl (C=O) groups excluding carboxylic acids is 1. The first-order valence-electron chi connectivity index (χ1n) is 11.2. The molecule has 0 saturated carbocycles. The number of hydrogen-bond donors (Lipinski definition) is 1. The smallest absolute Gasteiger partial charge is 0.259 e. The molecule has 1 aliphatic heterocycles. The van der Waals surface area contributed by atoms with E-state index in [0.717, 1.165) is 16.5 Å². The van der Waals surface area contributed by atoms with Crippen molar-refractivity contribution < 1.29 is 13.7 Å². The normalized spacial score (nSPS) is 14.1. The number of para-hydroxylation sites is 1. The number of piperazine rings is 1. The van der Waals surface area contributed by atoms with E-state index in [9.17, 15) is 14.0 Å². The van der Waals surface area contributed by atoms with Crippen molar-refractivity contribution >= 4 is 22.5 Å². The van der Waals surface area contributed by atoms with Gasteiger partial charge in [0, 0.05) is 44.5 Å². The van der Waals surface area contributed by atoms with E-state index in [-0.39, 0.29) is 35.9 Å². The first-order chi connectivity index (χ1) is 16.5. The SMILES string of the molecule is Cc1ccc2cc(-c3noc(CCC(=O)N4CCN(c5ccccc5F)CC4)n3)c(=O)[nH]c2c1. The number of anilines is 1. The van der Waals surface area contributed by atoms with E-state index in [2.05, 4.69) is 15.1 Å². The van der Waals surface area contributed by atoms with Crippen LogP contribution in [0.3, 0.4) is 0 Å². The minimum Gasteiger partial charge on any atom is -0.366 e. The summed E-state index contributed by atoms with van der Waals surface area (Å²) in [6.07, 6.45) is 0.499. The third-order valence-corrected chi connectivity index (χ3v) is 6.09. The van der Waals surface area contributed by atoms with Crippen LogP contribution < -0.4 is 10.5 Å². The number of aromatic amines is 1. The fourth-order valence-electron chi connectivity index (χ4n) is 4.22. The van der Waals surface area contributed by atoms with Crippen LogP contribution in [-0.2, 0) is 11.2 Å². The topological polar surface area (TPSA) is 95.3 Å². The van der Waals surface area contributed by atoms with E-state index in [4.69, 9.17) is 4.52 Å². The number of rotatable bonds is 5. The highest BCUT2D eigenvalue weighted by Crippen LogP contribution is 2.21. The molecule has 0 unspecified atom stereocenters. The summed E-state index contributed by atoms with van der Waals surface area (Å²) in [6.45, 7) is 4.15. The number of aromatic nitrogens is 3. The molecule has 1 saturated heterocycles. The Hall–Kier alpha value is -4.01. The molecule has 1 fully saturated rings. The minimum absolute atomic E-state index is 0.0214. The average molecular weight is 461 g/mol. The van der Waals surface area contributed by atoms with Gasteiger partial charge in [0.1, 0.15) is 5.82 Å². The van der Waals surface area contributed by atoms with E-state index in [0.29, 0.717) is 43.3 Å². The molecular weight excluding hydrogens is 437 g/mol. The maximum Gasteiger partial charge on any atom is 0.259 e. The van der Waals surface area contributed by atoms with Crippen LogP contribution in [0.2, 0.25) is 0 Å². The molecule has 1 aliphatic rings. The predicted octanol–water partition coefficient (Wildman–Crippen LogP) is 3.31. The lowest BCUT2D eigenvalue weighted by Gasteiger charge is -2.36. The van der Waals surface area contributed by atoms with Crippen LogP contribution in [0.5, 0.6) is 0 Å². The van der Waals surface area contributed by atoms with Crippen molar-refractivity contribution in [3.63, 3.8) is 0 Å². The number of amides is 1. The number of nitrogens with one attached hydrogen (secondary N) is 1. The summed E-state index contributed by atoms with van der Waals surface area (Å²) in [6, 6.07) is 14.2. The Bertz CT molecular complexity index is 1410. The van der Waals surface area contributed by atoms with Crippen LogP contribution in [0.1, 0.15) is 17.9 Å². The average Bonchev–Trinajstić information content (AvgIpc) is 3.31. The zero-order valence-corrected chi connectivity index (χ0v) is 18.8. The molecule has 9 heteroatoms. The molecule has 0 atom stereocenters. The maximum atomic E-state index is 14.0. The monoisotopic (exact) mass is 461 g/mol. The molecule has 1 N–H and O–H groups in total. The number of aryl methyl sites for hydroxylation is 2. The van der Waals surface area contributed by atoms with E-state index < -0.39 is 0 Å². The van der Waals surface area contributed by atoms with E-state index >= 15 is 0 Å². The van der Waals surface area contributed by atoms with Gasteiger partial charge in [-0.25, -0.2) is 4.39 Å². The third-order valence-electron chi connectivity index (χ3n) is 6.09. The van der Waals surface area contributed by atoms with Crippen LogP contribution in [0.4, 0.5) is 10.1 Å².